The minimum atomic E-state index is -0.477. The van der Waals surface area contributed by atoms with Gasteiger partial charge in [-0.2, -0.15) is 0 Å². The number of carbonyl (C=O) groups is 2. The molecule has 1 aliphatic heterocycles. The van der Waals surface area contributed by atoms with E-state index in [4.69, 9.17) is 12.2 Å². The fourth-order valence-corrected chi connectivity index (χ4v) is 4.95. The van der Waals surface area contributed by atoms with Crippen LogP contribution in [0.2, 0.25) is 0 Å². The molecule has 7 nitrogen and oxygen atoms in total. The zero-order chi connectivity index (χ0) is 20.4. The number of pyridine rings is 2. The molecular weight excluding hydrogens is 453 g/mol. The van der Waals surface area contributed by atoms with Crippen LogP contribution in [0.15, 0.2) is 66.5 Å². The Morgan fingerprint density at radius 3 is 2.28 bits per heavy atom. The van der Waals surface area contributed by atoms with E-state index in [0.29, 0.717) is 0 Å². The molecule has 29 heavy (non-hydrogen) atoms. The van der Waals surface area contributed by atoms with Crippen LogP contribution in [0.25, 0.3) is 6.08 Å². The standard InChI is InChI=1S/C20H15N5O2SSe/c1-24-19(27)14(18(26)23-20(24)28)12-13-8-9-17(29-13)25(15-6-2-4-10-21-15)16-7-3-5-11-22-16/h2-12H,1H3,(H,23,26,28)/b14-12+. The molecule has 0 unspecified atom stereocenters. The van der Waals surface area contributed by atoms with Crippen molar-refractivity contribution in [3.63, 3.8) is 0 Å². The Hall–Kier alpha value is -3.13. The molecule has 2 amide bonds. The summed E-state index contributed by atoms with van der Waals surface area (Å²) in [6.45, 7) is 0. The first-order valence-electron chi connectivity index (χ1n) is 8.61. The first-order chi connectivity index (χ1) is 14.0. The summed E-state index contributed by atoms with van der Waals surface area (Å²) in [6, 6.07) is 15.3. The van der Waals surface area contributed by atoms with Gasteiger partial charge in [-0.05, 0) is 0 Å². The Bertz CT molecular complexity index is 1070. The topological polar surface area (TPSA) is 78.4 Å². The van der Waals surface area contributed by atoms with Crippen LogP contribution in [-0.2, 0) is 9.59 Å². The molecule has 0 spiro atoms. The molecule has 9 heteroatoms. The summed E-state index contributed by atoms with van der Waals surface area (Å²) in [7, 11) is 1.54. The molecule has 0 bridgehead atoms. The van der Waals surface area contributed by atoms with E-state index in [9.17, 15) is 9.59 Å². The minimum absolute atomic E-state index is 0.0751. The fraction of sp³-hybridized carbons (Fsp3) is 0.0500. The molecule has 0 radical (unpaired) electrons. The normalized spacial score (nSPS) is 15.6. The SMILES string of the molecule is CN1C(=O)/C(=C/c2ccc(N(c3ccccn3)c3ccccn3)[se]2)C(=O)NC1=S. The summed E-state index contributed by atoms with van der Waals surface area (Å²) in [6.07, 6.45) is 5.09. The quantitative estimate of drug-likeness (QED) is 0.274. The molecule has 4 heterocycles. The number of likely N-dealkylation sites (N-methyl/N-ethyl adjacent to an activating group) is 1. The molecule has 3 aromatic rings. The number of amides is 2. The number of anilines is 3. The van der Waals surface area contributed by atoms with E-state index in [1.165, 1.54) is 4.90 Å². The molecule has 1 saturated heterocycles. The van der Waals surface area contributed by atoms with Gasteiger partial charge in [0.15, 0.2) is 0 Å². The van der Waals surface area contributed by atoms with E-state index in [-0.39, 0.29) is 25.2 Å². The van der Waals surface area contributed by atoms with E-state index in [0.717, 1.165) is 20.6 Å². The van der Waals surface area contributed by atoms with Gasteiger partial charge < -0.3 is 0 Å². The third-order valence-electron chi connectivity index (χ3n) is 4.18. The number of hydrogen-bond acceptors (Lipinski definition) is 6. The van der Waals surface area contributed by atoms with Crippen molar-refractivity contribution in [2.45, 2.75) is 0 Å². The van der Waals surface area contributed by atoms with Crippen LogP contribution in [0.1, 0.15) is 4.44 Å². The molecule has 0 saturated carbocycles. The van der Waals surface area contributed by atoms with Gasteiger partial charge >= 0.3 is 179 Å². The van der Waals surface area contributed by atoms with Crippen molar-refractivity contribution >= 4 is 65.9 Å². The van der Waals surface area contributed by atoms with Gasteiger partial charge in [-0.25, -0.2) is 0 Å². The number of thiocarbonyl (C=S) groups is 1. The van der Waals surface area contributed by atoms with Crippen LogP contribution in [-0.4, -0.2) is 53.3 Å². The van der Waals surface area contributed by atoms with Crippen LogP contribution < -0.4 is 10.2 Å². The average Bonchev–Trinajstić information content (AvgIpc) is 3.19. The number of carbonyl (C=O) groups excluding carboxylic acids is 2. The molecule has 4 rings (SSSR count). The summed E-state index contributed by atoms with van der Waals surface area (Å²) in [5.41, 5.74) is 0.0751. The molecule has 0 aliphatic carbocycles. The summed E-state index contributed by atoms with van der Waals surface area (Å²) >= 11 is 4.83. The van der Waals surface area contributed by atoms with Crippen molar-refractivity contribution in [3.8, 4) is 0 Å². The summed E-state index contributed by atoms with van der Waals surface area (Å²) in [5, 5.41) is 2.64. The van der Waals surface area contributed by atoms with Gasteiger partial charge in [0.1, 0.15) is 0 Å². The Morgan fingerprint density at radius 2 is 1.69 bits per heavy atom. The van der Waals surface area contributed by atoms with E-state index in [1.54, 1.807) is 25.5 Å². The predicted molar refractivity (Wildman–Crippen MR) is 115 cm³/mol. The third kappa shape index (κ3) is 3.88. The third-order valence-corrected chi connectivity index (χ3v) is 6.69. The van der Waals surface area contributed by atoms with Crippen LogP contribution >= 0.6 is 12.2 Å². The molecule has 1 fully saturated rings. The number of rotatable bonds is 4. The van der Waals surface area contributed by atoms with Crippen LogP contribution in [0.4, 0.5) is 16.2 Å². The fourth-order valence-electron chi connectivity index (χ4n) is 2.74. The summed E-state index contributed by atoms with van der Waals surface area (Å²) in [4.78, 5) is 36.8. The molecule has 1 N–H and O–H groups in total. The maximum absolute atomic E-state index is 12.4. The Balaban J connectivity index is 1.72. The molecule has 0 atom stereocenters. The van der Waals surface area contributed by atoms with Gasteiger partial charge in [0, 0.05) is 0 Å². The van der Waals surface area contributed by atoms with Gasteiger partial charge in [-0.15, -0.1) is 0 Å². The van der Waals surface area contributed by atoms with Crippen LogP contribution in [0, 0.1) is 0 Å². The second-order valence-electron chi connectivity index (χ2n) is 6.07. The van der Waals surface area contributed by atoms with E-state index in [2.05, 4.69) is 15.3 Å². The number of aromatic nitrogens is 2. The molecule has 0 aromatic carbocycles. The van der Waals surface area contributed by atoms with Gasteiger partial charge in [0.05, 0.1) is 0 Å². The van der Waals surface area contributed by atoms with Crippen LogP contribution in [0.5, 0.6) is 0 Å². The molecule has 144 valence electrons. The van der Waals surface area contributed by atoms with Crippen molar-refractivity contribution in [2.75, 3.05) is 11.9 Å². The van der Waals surface area contributed by atoms with E-state index < -0.39 is 11.8 Å². The monoisotopic (exact) mass is 469 g/mol. The Labute approximate surface area is 178 Å². The zero-order valence-electron chi connectivity index (χ0n) is 15.3. The number of nitrogens with one attached hydrogen (secondary N) is 1. The van der Waals surface area contributed by atoms with E-state index >= 15 is 0 Å². The van der Waals surface area contributed by atoms with Gasteiger partial charge in [0.2, 0.25) is 0 Å². The van der Waals surface area contributed by atoms with Crippen molar-refractivity contribution in [3.05, 3.63) is 70.9 Å². The molecule has 3 aromatic heterocycles. The first-order valence-corrected chi connectivity index (χ1v) is 10.7. The summed E-state index contributed by atoms with van der Waals surface area (Å²) < 4.78 is 1.89. The Kier molecular flexibility index (Phi) is 5.35. The van der Waals surface area contributed by atoms with Crippen molar-refractivity contribution in [1.29, 1.82) is 0 Å². The summed E-state index contributed by atoms with van der Waals surface area (Å²) in [5.74, 6) is 0.612. The van der Waals surface area contributed by atoms with Crippen LogP contribution in [0.3, 0.4) is 0 Å². The Morgan fingerprint density at radius 1 is 1.03 bits per heavy atom. The molecule has 1 aliphatic rings. The van der Waals surface area contributed by atoms with Gasteiger partial charge in [-0.3, -0.25) is 0 Å². The average molecular weight is 468 g/mol. The van der Waals surface area contributed by atoms with Crippen molar-refractivity contribution in [2.24, 2.45) is 0 Å². The maximum atomic E-state index is 12.4. The van der Waals surface area contributed by atoms with Gasteiger partial charge in [-0.1, -0.05) is 0 Å². The zero-order valence-corrected chi connectivity index (χ0v) is 17.8. The second kappa shape index (κ2) is 8.08. The van der Waals surface area contributed by atoms with Crippen molar-refractivity contribution in [1.82, 2.24) is 20.2 Å². The number of nitrogens with zero attached hydrogens (tertiary/aromatic N) is 4. The second-order valence-corrected chi connectivity index (χ2v) is 8.75. The first kappa shape index (κ1) is 19.2. The van der Waals surface area contributed by atoms with Crippen molar-refractivity contribution < 1.29 is 9.59 Å². The predicted octanol–water partition coefficient (Wildman–Crippen LogP) is 2.26. The molecular formula is C20H15N5O2SSe. The van der Waals surface area contributed by atoms with Gasteiger partial charge in [0.25, 0.3) is 0 Å². The number of hydrogen-bond donors (Lipinski definition) is 1. The van der Waals surface area contributed by atoms with E-state index in [1.807, 2.05) is 53.4 Å².